The lowest BCUT2D eigenvalue weighted by atomic mass is 10.2. The molecular weight excluding hydrogens is 170 g/mol. The molecule has 1 aliphatic heterocycles. The van der Waals surface area contributed by atoms with Crippen molar-refractivity contribution in [2.24, 2.45) is 0 Å². The van der Waals surface area contributed by atoms with Gasteiger partial charge in [-0.1, -0.05) is 0 Å². The smallest absolute Gasteiger partial charge is 0.307 e. The number of hydrogen-bond donors (Lipinski definition) is 2. The van der Waals surface area contributed by atoms with E-state index in [2.05, 4.69) is 10.3 Å². The Morgan fingerprint density at radius 3 is 3.08 bits per heavy atom. The fraction of sp³-hybridized carbons (Fsp3) is 0.500. The molecule has 5 nitrogen and oxygen atoms in total. The van der Waals surface area contributed by atoms with Gasteiger partial charge in [-0.05, 0) is 6.92 Å². The molecule has 0 radical (unpaired) electrons. The number of H-pyrrole nitrogens is 1. The van der Waals surface area contributed by atoms with Gasteiger partial charge < -0.3 is 5.32 Å². The zero-order valence-electron chi connectivity index (χ0n) is 7.33. The van der Waals surface area contributed by atoms with E-state index in [1.807, 2.05) is 6.92 Å². The molecule has 1 aromatic heterocycles. The fourth-order valence-electron chi connectivity index (χ4n) is 1.63. The van der Waals surface area contributed by atoms with Gasteiger partial charge in [0.05, 0.1) is 0 Å². The van der Waals surface area contributed by atoms with Gasteiger partial charge in [-0.15, -0.1) is 0 Å². The van der Waals surface area contributed by atoms with E-state index in [4.69, 9.17) is 0 Å². The number of nitrogens with one attached hydrogen (secondary N) is 2. The van der Waals surface area contributed by atoms with Gasteiger partial charge in [0.2, 0.25) is 0 Å². The van der Waals surface area contributed by atoms with E-state index in [1.54, 1.807) is 4.57 Å². The monoisotopic (exact) mass is 181 g/mol. The molecule has 0 aromatic carbocycles. The average Bonchev–Trinajstić information content (AvgIpc) is 2.07. The highest BCUT2D eigenvalue weighted by Crippen LogP contribution is 2.10. The van der Waals surface area contributed by atoms with Crippen LogP contribution in [0.2, 0.25) is 0 Å². The topological polar surface area (TPSA) is 66.9 Å². The van der Waals surface area contributed by atoms with Crippen LogP contribution in [0.25, 0.3) is 0 Å². The quantitative estimate of drug-likeness (QED) is 0.550. The van der Waals surface area contributed by atoms with Gasteiger partial charge in [0, 0.05) is 30.9 Å². The first-order valence-electron chi connectivity index (χ1n) is 4.26. The van der Waals surface area contributed by atoms with Crippen LogP contribution in [0.15, 0.2) is 15.7 Å². The highest BCUT2D eigenvalue weighted by Gasteiger charge is 2.16. The van der Waals surface area contributed by atoms with Gasteiger partial charge in [-0.2, -0.15) is 0 Å². The van der Waals surface area contributed by atoms with Gasteiger partial charge in [0.1, 0.15) is 0 Å². The number of fused-ring (bicyclic) bond motifs is 1. The number of hydrogen-bond acceptors (Lipinski definition) is 3. The van der Waals surface area contributed by atoms with Crippen molar-refractivity contribution < 1.29 is 0 Å². The van der Waals surface area contributed by atoms with E-state index in [0.717, 1.165) is 12.2 Å². The molecule has 13 heavy (non-hydrogen) atoms. The molecular formula is C8H11N3O2. The van der Waals surface area contributed by atoms with Crippen molar-refractivity contribution in [3.8, 4) is 0 Å². The highest BCUT2D eigenvalue weighted by molar-refractivity contribution is 5.08. The van der Waals surface area contributed by atoms with Gasteiger partial charge in [0.15, 0.2) is 0 Å². The summed E-state index contributed by atoms with van der Waals surface area (Å²) in [5.41, 5.74) is 0.127. The van der Waals surface area contributed by atoms with Crippen LogP contribution in [-0.4, -0.2) is 16.1 Å². The van der Waals surface area contributed by atoms with E-state index < -0.39 is 0 Å². The highest BCUT2D eigenvalue weighted by atomic mass is 16.2. The SMILES string of the molecule is CC1NCCn2c1cc(=O)[nH]c2=O. The molecule has 0 saturated heterocycles. The molecule has 2 N–H and O–H groups in total. The molecule has 0 saturated carbocycles. The van der Waals surface area contributed by atoms with Crippen molar-refractivity contribution in [2.45, 2.75) is 19.5 Å². The second-order valence-corrected chi connectivity index (χ2v) is 3.19. The summed E-state index contributed by atoms with van der Waals surface area (Å²) in [6.45, 7) is 3.32. The maximum atomic E-state index is 11.3. The number of aromatic amines is 1. The average molecular weight is 181 g/mol. The molecule has 1 unspecified atom stereocenters. The first-order valence-corrected chi connectivity index (χ1v) is 4.26. The first-order chi connectivity index (χ1) is 6.18. The fourth-order valence-corrected chi connectivity index (χ4v) is 1.63. The third-order valence-corrected chi connectivity index (χ3v) is 2.30. The minimum Gasteiger partial charge on any atom is -0.307 e. The van der Waals surface area contributed by atoms with Crippen LogP contribution in [0, 0.1) is 0 Å². The van der Waals surface area contributed by atoms with E-state index in [-0.39, 0.29) is 17.3 Å². The van der Waals surface area contributed by atoms with E-state index in [0.29, 0.717) is 6.54 Å². The van der Waals surface area contributed by atoms with Gasteiger partial charge in [-0.25, -0.2) is 4.79 Å². The van der Waals surface area contributed by atoms with Crippen molar-refractivity contribution in [1.29, 1.82) is 0 Å². The van der Waals surface area contributed by atoms with Crippen molar-refractivity contribution in [1.82, 2.24) is 14.9 Å². The third kappa shape index (κ3) is 1.31. The Morgan fingerprint density at radius 1 is 1.54 bits per heavy atom. The van der Waals surface area contributed by atoms with E-state index in [1.165, 1.54) is 6.07 Å². The molecule has 2 rings (SSSR count). The van der Waals surface area contributed by atoms with Crippen molar-refractivity contribution in [3.63, 3.8) is 0 Å². The van der Waals surface area contributed by atoms with Gasteiger partial charge in [0.25, 0.3) is 5.56 Å². The summed E-state index contributed by atoms with van der Waals surface area (Å²) in [6, 6.07) is 1.54. The molecule has 1 aromatic rings. The summed E-state index contributed by atoms with van der Waals surface area (Å²) in [4.78, 5) is 24.6. The van der Waals surface area contributed by atoms with E-state index in [9.17, 15) is 9.59 Å². The van der Waals surface area contributed by atoms with Gasteiger partial charge in [-0.3, -0.25) is 14.3 Å². The van der Waals surface area contributed by atoms with Crippen LogP contribution in [-0.2, 0) is 6.54 Å². The standard InChI is InChI=1S/C8H11N3O2/c1-5-6-4-7(12)10-8(13)11(6)3-2-9-5/h4-5,9H,2-3H2,1H3,(H,10,12,13). The molecule has 5 heteroatoms. The van der Waals surface area contributed by atoms with Crippen LogP contribution in [0.5, 0.6) is 0 Å². The Bertz CT molecular complexity index is 432. The number of rotatable bonds is 0. The molecule has 0 bridgehead atoms. The molecule has 0 spiro atoms. The molecule has 1 atom stereocenters. The summed E-state index contributed by atoms with van der Waals surface area (Å²) < 4.78 is 1.60. The zero-order valence-corrected chi connectivity index (χ0v) is 7.33. The summed E-state index contributed by atoms with van der Waals surface area (Å²) in [6.07, 6.45) is 0. The van der Waals surface area contributed by atoms with Gasteiger partial charge >= 0.3 is 5.69 Å². The Labute approximate surface area is 74.4 Å². The van der Waals surface area contributed by atoms with Crippen LogP contribution in [0.4, 0.5) is 0 Å². The predicted molar refractivity (Wildman–Crippen MR) is 47.7 cm³/mol. The van der Waals surface area contributed by atoms with Crippen LogP contribution < -0.4 is 16.6 Å². The first kappa shape index (κ1) is 8.25. The predicted octanol–water partition coefficient (Wildman–Crippen LogP) is -0.799. The Hall–Kier alpha value is -1.36. The van der Waals surface area contributed by atoms with Crippen LogP contribution in [0.1, 0.15) is 18.7 Å². The maximum absolute atomic E-state index is 11.3. The molecule has 0 fully saturated rings. The molecule has 0 aliphatic carbocycles. The van der Waals surface area contributed by atoms with Crippen LogP contribution in [0.3, 0.4) is 0 Å². The summed E-state index contributed by atoms with van der Waals surface area (Å²) in [7, 11) is 0. The lowest BCUT2D eigenvalue weighted by molar-refractivity contribution is 0.427. The minimum absolute atomic E-state index is 0.0729. The van der Waals surface area contributed by atoms with E-state index >= 15 is 0 Å². The molecule has 2 heterocycles. The molecule has 1 aliphatic rings. The van der Waals surface area contributed by atoms with Crippen LogP contribution >= 0.6 is 0 Å². The summed E-state index contributed by atoms with van der Waals surface area (Å²) >= 11 is 0. The number of nitrogens with zero attached hydrogens (tertiary/aromatic N) is 1. The Balaban J connectivity index is 2.70. The minimum atomic E-state index is -0.327. The maximum Gasteiger partial charge on any atom is 0.328 e. The largest absolute Gasteiger partial charge is 0.328 e. The van der Waals surface area contributed by atoms with Crippen molar-refractivity contribution >= 4 is 0 Å². The Kier molecular flexibility index (Phi) is 1.81. The normalized spacial score (nSPS) is 21.2. The van der Waals surface area contributed by atoms with Crippen molar-refractivity contribution in [3.05, 3.63) is 32.6 Å². The third-order valence-electron chi connectivity index (χ3n) is 2.30. The Morgan fingerprint density at radius 2 is 2.31 bits per heavy atom. The number of aromatic nitrogens is 2. The van der Waals surface area contributed by atoms with Crippen molar-refractivity contribution in [2.75, 3.05) is 6.54 Å². The summed E-state index contributed by atoms with van der Waals surface area (Å²) in [5, 5.41) is 3.18. The summed E-state index contributed by atoms with van der Waals surface area (Å²) in [5.74, 6) is 0. The lowest BCUT2D eigenvalue weighted by Gasteiger charge is -2.24. The lowest BCUT2D eigenvalue weighted by Crippen LogP contribution is -2.42. The zero-order chi connectivity index (χ0) is 9.42. The molecule has 70 valence electrons. The second kappa shape index (κ2) is 2.85. The second-order valence-electron chi connectivity index (χ2n) is 3.19. The molecule has 0 amide bonds.